The number of hydrogen-bond acceptors (Lipinski definition) is 4. The summed E-state index contributed by atoms with van der Waals surface area (Å²) < 4.78 is 17.5. The summed E-state index contributed by atoms with van der Waals surface area (Å²) in [4.78, 5) is 12.9. The number of allylic oxidation sites excluding steroid dienone is 5. The lowest BCUT2D eigenvalue weighted by atomic mass is 9.87. The van der Waals surface area contributed by atoms with Crippen LogP contribution < -0.4 is 9.47 Å². The molecule has 182 valence electrons. The van der Waals surface area contributed by atoms with E-state index in [0.29, 0.717) is 6.42 Å². The third kappa shape index (κ3) is 6.75. The first-order valence-electron chi connectivity index (χ1n) is 12.0. The predicted octanol–water partition coefficient (Wildman–Crippen LogP) is 7.28. The van der Waals surface area contributed by atoms with E-state index >= 15 is 0 Å². The van der Waals surface area contributed by atoms with Crippen LogP contribution in [0.1, 0.15) is 82.6 Å². The van der Waals surface area contributed by atoms with Gasteiger partial charge in [0.05, 0.1) is 7.11 Å². The van der Waals surface area contributed by atoms with Crippen LogP contribution in [-0.4, -0.2) is 25.3 Å². The van der Waals surface area contributed by atoms with Gasteiger partial charge in [0.25, 0.3) is 0 Å². The molecule has 0 saturated carbocycles. The first-order valence-corrected chi connectivity index (χ1v) is 12.0. The Bertz CT molecular complexity index is 961. The second-order valence-corrected chi connectivity index (χ2v) is 9.77. The highest BCUT2D eigenvalue weighted by Gasteiger charge is 2.42. The van der Waals surface area contributed by atoms with E-state index in [4.69, 9.17) is 14.2 Å². The van der Waals surface area contributed by atoms with Gasteiger partial charge in [0.15, 0.2) is 0 Å². The average Bonchev–Trinajstić information content (AvgIpc) is 2.76. The summed E-state index contributed by atoms with van der Waals surface area (Å²) in [5.41, 5.74) is 7.25. The van der Waals surface area contributed by atoms with Gasteiger partial charge in [0.1, 0.15) is 18.1 Å². The number of rotatable bonds is 9. The Labute approximate surface area is 200 Å². The summed E-state index contributed by atoms with van der Waals surface area (Å²) in [5.74, 6) is 1.40. The van der Waals surface area contributed by atoms with E-state index < -0.39 is 5.60 Å². The first-order chi connectivity index (χ1) is 15.5. The fourth-order valence-corrected chi connectivity index (χ4v) is 4.21. The monoisotopic (exact) mass is 454 g/mol. The third-order valence-corrected chi connectivity index (χ3v) is 6.64. The highest BCUT2D eigenvalue weighted by molar-refractivity contribution is 5.80. The Morgan fingerprint density at radius 2 is 1.70 bits per heavy atom. The smallest absolute Gasteiger partial charge is 0.350 e. The molecule has 0 aromatic heterocycles. The lowest BCUT2D eigenvalue weighted by molar-refractivity contribution is -0.161. The van der Waals surface area contributed by atoms with E-state index in [9.17, 15) is 4.79 Å². The number of carbonyl (C=O) groups is 1. The van der Waals surface area contributed by atoms with Gasteiger partial charge in [-0.3, -0.25) is 0 Å². The topological polar surface area (TPSA) is 44.8 Å². The van der Waals surface area contributed by atoms with Crippen LogP contribution in [0.2, 0.25) is 0 Å². The molecule has 0 aliphatic carbocycles. The molecule has 1 aliphatic rings. The molecule has 1 atom stereocenters. The van der Waals surface area contributed by atoms with Crippen molar-refractivity contribution in [1.29, 1.82) is 0 Å². The molecule has 0 bridgehead atoms. The van der Waals surface area contributed by atoms with Gasteiger partial charge >= 0.3 is 5.97 Å². The van der Waals surface area contributed by atoms with Crippen molar-refractivity contribution in [2.24, 2.45) is 0 Å². The van der Waals surface area contributed by atoms with Crippen LogP contribution in [0, 0.1) is 20.8 Å². The van der Waals surface area contributed by atoms with E-state index in [2.05, 4.69) is 46.8 Å². The molecule has 0 N–H and O–H groups in total. The molecule has 0 spiro atoms. The average molecular weight is 455 g/mol. The minimum atomic E-state index is -0.978. The molecular formula is C29H42O4. The number of ether oxygens (including phenoxy) is 3. The molecule has 1 unspecified atom stereocenters. The predicted molar refractivity (Wildman–Crippen MR) is 136 cm³/mol. The fourth-order valence-electron chi connectivity index (χ4n) is 4.21. The Hall–Kier alpha value is -2.49. The number of esters is 1. The summed E-state index contributed by atoms with van der Waals surface area (Å²) in [6.07, 6.45) is 10.9. The molecule has 1 aromatic carbocycles. The lowest BCUT2D eigenvalue weighted by Crippen LogP contribution is -2.46. The Morgan fingerprint density at radius 3 is 2.33 bits per heavy atom. The van der Waals surface area contributed by atoms with Gasteiger partial charge < -0.3 is 14.2 Å². The van der Waals surface area contributed by atoms with Gasteiger partial charge in [0, 0.05) is 12.0 Å². The number of fused-ring (bicyclic) bond motifs is 1. The molecule has 4 nitrogen and oxygen atoms in total. The number of methoxy groups -OCH3 is 1. The second-order valence-electron chi connectivity index (χ2n) is 9.77. The van der Waals surface area contributed by atoms with E-state index in [-0.39, 0.29) is 12.6 Å². The third-order valence-electron chi connectivity index (χ3n) is 6.64. The summed E-state index contributed by atoms with van der Waals surface area (Å²) >= 11 is 0. The molecule has 33 heavy (non-hydrogen) atoms. The van der Waals surface area contributed by atoms with Crippen LogP contribution in [0.5, 0.6) is 11.5 Å². The van der Waals surface area contributed by atoms with Gasteiger partial charge in [0.2, 0.25) is 5.60 Å². The quantitative estimate of drug-likeness (QED) is 0.290. The van der Waals surface area contributed by atoms with Crippen molar-refractivity contribution in [1.82, 2.24) is 0 Å². The van der Waals surface area contributed by atoms with Gasteiger partial charge in [-0.15, -0.1) is 0 Å². The van der Waals surface area contributed by atoms with Crippen LogP contribution in [0.3, 0.4) is 0 Å². The minimum Gasteiger partial charge on any atom is -0.496 e. The zero-order valence-corrected chi connectivity index (χ0v) is 22.1. The van der Waals surface area contributed by atoms with Crippen molar-refractivity contribution in [3.63, 3.8) is 0 Å². The zero-order valence-electron chi connectivity index (χ0n) is 22.1. The van der Waals surface area contributed by atoms with Gasteiger partial charge in [-0.25, -0.2) is 4.79 Å². The molecule has 0 saturated heterocycles. The summed E-state index contributed by atoms with van der Waals surface area (Å²) in [6.45, 7) is 16.7. The maximum Gasteiger partial charge on any atom is 0.350 e. The molecule has 1 aliphatic heterocycles. The van der Waals surface area contributed by atoms with Gasteiger partial charge in [-0.1, -0.05) is 28.9 Å². The van der Waals surface area contributed by atoms with Crippen LogP contribution >= 0.6 is 0 Å². The highest BCUT2D eigenvalue weighted by atomic mass is 16.6. The van der Waals surface area contributed by atoms with Crippen LogP contribution in [0.4, 0.5) is 0 Å². The van der Waals surface area contributed by atoms with E-state index in [0.717, 1.165) is 59.4 Å². The fraction of sp³-hybridized carbons (Fsp3) is 0.552. The van der Waals surface area contributed by atoms with Crippen molar-refractivity contribution in [3.8, 4) is 11.5 Å². The van der Waals surface area contributed by atoms with Crippen LogP contribution in [0.25, 0.3) is 0 Å². The largest absolute Gasteiger partial charge is 0.496 e. The SMILES string of the molecule is COc1c(C)c(C)c2c(c1C)CCC(C)(C(=O)OC/C=C(\C)C/C=C(\C)CCC=C(C)C)O2. The Morgan fingerprint density at radius 1 is 1.00 bits per heavy atom. The Balaban J connectivity index is 1.98. The standard InChI is InChI=1S/C29H42O4/c1-19(2)11-10-12-20(3)13-14-21(4)16-18-32-28(30)29(8)17-15-25-24(7)26(31-9)22(5)23(6)27(25)33-29/h11,13,16H,10,12,14-15,17-18H2,1-9H3/b20-13+,21-16+. The molecular weight excluding hydrogens is 412 g/mol. The molecule has 4 heteroatoms. The molecule has 2 rings (SSSR count). The number of hydrogen-bond donors (Lipinski definition) is 0. The van der Waals surface area contributed by atoms with E-state index in [1.165, 1.54) is 16.7 Å². The molecule has 1 heterocycles. The maximum atomic E-state index is 12.9. The minimum absolute atomic E-state index is 0.265. The number of carbonyl (C=O) groups excluding carboxylic acids is 1. The summed E-state index contributed by atoms with van der Waals surface area (Å²) in [5, 5.41) is 0. The zero-order chi connectivity index (χ0) is 24.8. The van der Waals surface area contributed by atoms with E-state index in [1.54, 1.807) is 7.11 Å². The second kappa shape index (κ2) is 11.6. The molecule has 1 aromatic rings. The van der Waals surface area contributed by atoms with Gasteiger partial charge in [-0.05, 0) is 104 Å². The van der Waals surface area contributed by atoms with Crippen molar-refractivity contribution in [3.05, 3.63) is 57.2 Å². The molecule has 0 radical (unpaired) electrons. The molecule has 0 fully saturated rings. The van der Waals surface area contributed by atoms with Crippen LogP contribution in [0.15, 0.2) is 34.9 Å². The van der Waals surface area contributed by atoms with Crippen LogP contribution in [-0.2, 0) is 16.0 Å². The Kier molecular flexibility index (Phi) is 9.39. The van der Waals surface area contributed by atoms with Crippen molar-refractivity contribution in [2.45, 2.75) is 93.1 Å². The lowest BCUT2D eigenvalue weighted by Gasteiger charge is -2.36. The summed E-state index contributed by atoms with van der Waals surface area (Å²) in [7, 11) is 1.70. The van der Waals surface area contributed by atoms with Crippen molar-refractivity contribution in [2.75, 3.05) is 13.7 Å². The maximum absolute atomic E-state index is 12.9. The normalized spacial score (nSPS) is 18.3. The highest BCUT2D eigenvalue weighted by Crippen LogP contribution is 2.43. The van der Waals surface area contributed by atoms with E-state index in [1.807, 2.05) is 26.8 Å². The van der Waals surface area contributed by atoms with Gasteiger partial charge in [-0.2, -0.15) is 0 Å². The summed E-state index contributed by atoms with van der Waals surface area (Å²) in [6, 6.07) is 0. The van der Waals surface area contributed by atoms with Crippen molar-refractivity contribution >= 4 is 5.97 Å². The number of benzene rings is 1. The first kappa shape index (κ1) is 26.8. The van der Waals surface area contributed by atoms with Crippen molar-refractivity contribution < 1.29 is 19.0 Å². The molecule has 0 amide bonds.